The number of amides is 1. The molecule has 0 saturated carbocycles. The van der Waals surface area contributed by atoms with Crippen molar-refractivity contribution in [3.05, 3.63) is 12.4 Å². The number of aromatic nitrogens is 2. The summed E-state index contributed by atoms with van der Waals surface area (Å²) >= 11 is 0. The number of methoxy groups -OCH3 is 1. The van der Waals surface area contributed by atoms with Gasteiger partial charge in [-0.3, -0.25) is 4.79 Å². The zero-order valence-corrected chi connectivity index (χ0v) is 12.4. The van der Waals surface area contributed by atoms with E-state index < -0.39 is 0 Å². The van der Waals surface area contributed by atoms with Crippen molar-refractivity contribution in [1.29, 1.82) is 0 Å². The van der Waals surface area contributed by atoms with Gasteiger partial charge in [0.1, 0.15) is 6.10 Å². The smallest absolute Gasteiger partial charge is 0.278 e. The van der Waals surface area contributed by atoms with Crippen LogP contribution < -0.4 is 9.47 Å². The molecule has 1 aromatic rings. The Morgan fingerprint density at radius 2 is 1.95 bits per heavy atom. The highest BCUT2D eigenvalue weighted by Crippen LogP contribution is 2.26. The van der Waals surface area contributed by atoms with Gasteiger partial charge in [0, 0.05) is 30.8 Å². The molecule has 0 spiro atoms. The second kappa shape index (κ2) is 5.64. The van der Waals surface area contributed by atoms with E-state index >= 15 is 0 Å². The molecule has 2 rings (SSSR count). The van der Waals surface area contributed by atoms with Crippen molar-refractivity contribution >= 4 is 5.91 Å². The minimum atomic E-state index is -0.362. The van der Waals surface area contributed by atoms with E-state index in [-0.39, 0.29) is 17.4 Å². The molecule has 0 aromatic carbocycles. The molecule has 1 aliphatic heterocycles. The van der Waals surface area contributed by atoms with Crippen LogP contribution in [0.25, 0.3) is 0 Å². The summed E-state index contributed by atoms with van der Waals surface area (Å²) in [5, 5.41) is 0. The lowest BCUT2D eigenvalue weighted by molar-refractivity contribution is -0.138. The summed E-state index contributed by atoms with van der Waals surface area (Å²) < 4.78 is 10.9. The molecule has 0 N–H and O–H groups in total. The Balaban J connectivity index is 1.99. The third kappa shape index (κ3) is 3.18. The van der Waals surface area contributed by atoms with E-state index in [0.29, 0.717) is 24.8 Å². The van der Waals surface area contributed by atoms with E-state index in [1.165, 1.54) is 7.11 Å². The van der Waals surface area contributed by atoms with Crippen LogP contribution in [-0.2, 0) is 4.79 Å². The average Bonchev–Trinajstić information content (AvgIpc) is 2.86. The van der Waals surface area contributed by atoms with Gasteiger partial charge in [0.05, 0.1) is 13.7 Å². The highest BCUT2D eigenvalue weighted by Gasteiger charge is 2.34. The van der Waals surface area contributed by atoms with Gasteiger partial charge in [-0.25, -0.2) is 9.97 Å². The highest BCUT2D eigenvalue weighted by atomic mass is 16.5. The molecule has 110 valence electrons. The second-order valence-electron chi connectivity index (χ2n) is 5.90. The van der Waals surface area contributed by atoms with E-state index in [2.05, 4.69) is 9.97 Å². The van der Waals surface area contributed by atoms with E-state index in [9.17, 15) is 4.79 Å². The first kappa shape index (κ1) is 14.6. The molecule has 6 nitrogen and oxygen atoms in total. The summed E-state index contributed by atoms with van der Waals surface area (Å²) in [5.41, 5.74) is -0.362. The van der Waals surface area contributed by atoms with Crippen LogP contribution in [0.5, 0.6) is 11.8 Å². The second-order valence-corrected chi connectivity index (χ2v) is 5.90. The topological polar surface area (TPSA) is 64.6 Å². The molecule has 1 fully saturated rings. The van der Waals surface area contributed by atoms with Crippen LogP contribution in [0, 0.1) is 5.41 Å². The summed E-state index contributed by atoms with van der Waals surface area (Å²) in [7, 11) is 1.53. The molecule has 2 heterocycles. The Morgan fingerprint density at radius 1 is 1.30 bits per heavy atom. The SMILES string of the molecule is COc1nccnc1OC1CCN(C(=O)C(C)(C)C)C1. The molecular weight excluding hydrogens is 258 g/mol. The van der Waals surface area contributed by atoms with Crippen molar-refractivity contribution in [2.24, 2.45) is 5.41 Å². The number of rotatable bonds is 3. The van der Waals surface area contributed by atoms with Crippen LogP contribution in [0.15, 0.2) is 12.4 Å². The van der Waals surface area contributed by atoms with Crippen molar-refractivity contribution in [2.75, 3.05) is 20.2 Å². The molecule has 1 aliphatic rings. The first-order chi connectivity index (χ1) is 9.41. The zero-order valence-electron chi connectivity index (χ0n) is 12.4. The van der Waals surface area contributed by atoms with Crippen LogP contribution >= 0.6 is 0 Å². The van der Waals surface area contributed by atoms with Gasteiger partial charge in [0.25, 0.3) is 11.8 Å². The molecular formula is C14H21N3O3. The van der Waals surface area contributed by atoms with Gasteiger partial charge in [0.2, 0.25) is 5.91 Å². The molecule has 0 radical (unpaired) electrons. The lowest BCUT2D eigenvalue weighted by atomic mass is 9.95. The van der Waals surface area contributed by atoms with E-state index in [1.54, 1.807) is 12.4 Å². The minimum absolute atomic E-state index is 0.0631. The maximum Gasteiger partial charge on any atom is 0.278 e. The van der Waals surface area contributed by atoms with Crippen molar-refractivity contribution < 1.29 is 14.3 Å². The maximum absolute atomic E-state index is 12.2. The van der Waals surface area contributed by atoms with E-state index in [4.69, 9.17) is 9.47 Å². The Labute approximate surface area is 119 Å². The number of hydrogen-bond donors (Lipinski definition) is 0. The molecule has 1 aromatic heterocycles. The van der Waals surface area contributed by atoms with E-state index in [0.717, 1.165) is 6.42 Å². The molecule has 6 heteroatoms. The Morgan fingerprint density at radius 3 is 2.55 bits per heavy atom. The Bertz CT molecular complexity index is 485. The van der Waals surface area contributed by atoms with Gasteiger partial charge in [-0.15, -0.1) is 0 Å². The minimum Gasteiger partial charge on any atom is -0.477 e. The molecule has 1 amide bonds. The Hall–Kier alpha value is -1.85. The highest BCUT2D eigenvalue weighted by molar-refractivity contribution is 5.81. The monoisotopic (exact) mass is 279 g/mol. The van der Waals surface area contributed by atoms with Crippen molar-refractivity contribution in [3.8, 4) is 11.8 Å². The first-order valence-corrected chi connectivity index (χ1v) is 6.73. The van der Waals surface area contributed by atoms with Crippen LogP contribution in [0.2, 0.25) is 0 Å². The van der Waals surface area contributed by atoms with Crippen LogP contribution in [-0.4, -0.2) is 47.1 Å². The fraction of sp³-hybridized carbons (Fsp3) is 0.643. The van der Waals surface area contributed by atoms with E-state index in [1.807, 2.05) is 25.7 Å². The normalized spacial score (nSPS) is 19.0. The number of likely N-dealkylation sites (tertiary alicyclic amines) is 1. The van der Waals surface area contributed by atoms with Gasteiger partial charge < -0.3 is 14.4 Å². The summed E-state index contributed by atoms with van der Waals surface area (Å²) in [4.78, 5) is 22.2. The third-order valence-electron chi connectivity index (χ3n) is 3.18. The fourth-order valence-electron chi connectivity index (χ4n) is 2.17. The predicted molar refractivity (Wildman–Crippen MR) is 73.7 cm³/mol. The van der Waals surface area contributed by atoms with Gasteiger partial charge in [-0.2, -0.15) is 0 Å². The molecule has 20 heavy (non-hydrogen) atoms. The zero-order chi connectivity index (χ0) is 14.8. The Kier molecular flexibility index (Phi) is 4.11. The fourth-order valence-corrected chi connectivity index (χ4v) is 2.17. The standard InChI is InChI=1S/C14H21N3O3/c1-14(2,3)13(18)17-8-5-10(9-17)20-12-11(19-4)15-6-7-16-12/h6-7,10H,5,8-9H2,1-4H3. The number of hydrogen-bond acceptors (Lipinski definition) is 5. The van der Waals surface area contributed by atoms with Crippen molar-refractivity contribution in [1.82, 2.24) is 14.9 Å². The summed E-state index contributed by atoms with van der Waals surface area (Å²) in [6.45, 7) is 7.07. The van der Waals surface area contributed by atoms with Gasteiger partial charge in [-0.1, -0.05) is 20.8 Å². The maximum atomic E-state index is 12.2. The van der Waals surface area contributed by atoms with Crippen molar-refractivity contribution in [3.63, 3.8) is 0 Å². The van der Waals surface area contributed by atoms with Crippen LogP contribution in [0.1, 0.15) is 27.2 Å². The largest absolute Gasteiger partial charge is 0.477 e. The predicted octanol–water partition coefficient (Wildman–Crippen LogP) is 1.51. The third-order valence-corrected chi connectivity index (χ3v) is 3.18. The number of carbonyl (C=O) groups excluding carboxylic acids is 1. The first-order valence-electron chi connectivity index (χ1n) is 6.73. The lowest BCUT2D eigenvalue weighted by Crippen LogP contribution is -2.38. The quantitative estimate of drug-likeness (QED) is 0.839. The summed E-state index contributed by atoms with van der Waals surface area (Å²) in [6, 6.07) is 0. The molecule has 1 unspecified atom stereocenters. The average molecular weight is 279 g/mol. The van der Waals surface area contributed by atoms with Crippen LogP contribution in [0.4, 0.5) is 0 Å². The summed E-state index contributed by atoms with van der Waals surface area (Å²) in [5.74, 6) is 0.896. The lowest BCUT2D eigenvalue weighted by Gasteiger charge is -2.25. The molecule has 1 atom stereocenters. The molecule has 1 saturated heterocycles. The van der Waals surface area contributed by atoms with Gasteiger partial charge in [-0.05, 0) is 0 Å². The van der Waals surface area contributed by atoms with Crippen LogP contribution in [0.3, 0.4) is 0 Å². The molecule has 0 bridgehead atoms. The van der Waals surface area contributed by atoms with Gasteiger partial charge in [0.15, 0.2) is 0 Å². The van der Waals surface area contributed by atoms with Gasteiger partial charge >= 0.3 is 0 Å². The number of ether oxygens (including phenoxy) is 2. The molecule has 0 aliphatic carbocycles. The number of nitrogens with zero attached hydrogens (tertiary/aromatic N) is 3. The summed E-state index contributed by atoms with van der Waals surface area (Å²) in [6.07, 6.45) is 3.84. The van der Waals surface area contributed by atoms with Crippen molar-refractivity contribution in [2.45, 2.75) is 33.3 Å². The number of carbonyl (C=O) groups is 1.